The van der Waals surface area contributed by atoms with Gasteiger partial charge < -0.3 is 47.9 Å². The molecular weight excluding hydrogens is 536 g/mol. The van der Waals surface area contributed by atoms with E-state index in [0.29, 0.717) is 49.3 Å². The minimum Gasteiger partial charge on any atom is -0.545 e. The normalized spacial score (nSPS) is 9.90. The number of aromatic carboxylic acids is 2. The maximum Gasteiger partial charge on any atom is 2.00 e. The Morgan fingerprint density at radius 1 is 0.718 bits per heavy atom. The Labute approximate surface area is 254 Å². The first-order chi connectivity index (χ1) is 18.4. The molecule has 0 bridgehead atoms. The molecule has 0 amide bonds. The molecule has 2 aromatic heterocycles. The number of imidazole rings is 2. The number of ether oxygens (including phenoxy) is 4. The van der Waals surface area contributed by atoms with Crippen molar-refractivity contribution in [1.82, 2.24) is 19.1 Å². The van der Waals surface area contributed by atoms with Gasteiger partial charge >= 0.3 is 37.7 Å². The fourth-order valence-corrected chi connectivity index (χ4v) is 3.19. The van der Waals surface area contributed by atoms with Gasteiger partial charge in [-0.1, -0.05) is 0 Å². The maximum atomic E-state index is 10.7. The molecule has 4 aromatic rings. The first kappa shape index (κ1) is 31.5. The second-order valence-electron chi connectivity index (χ2n) is 7.60. The fourth-order valence-electron chi connectivity index (χ4n) is 3.19. The van der Waals surface area contributed by atoms with Crippen LogP contribution in [-0.4, -0.2) is 96.2 Å². The zero-order valence-corrected chi connectivity index (χ0v) is 23.7. The third kappa shape index (κ3) is 9.82. The van der Waals surface area contributed by atoms with E-state index in [2.05, 4.69) is 9.97 Å². The molecule has 0 saturated heterocycles. The number of nitrogens with zero attached hydrogens (tertiary/aromatic N) is 4. The van der Waals surface area contributed by atoms with Gasteiger partial charge in [0.25, 0.3) is 0 Å². The van der Waals surface area contributed by atoms with Crippen molar-refractivity contribution >= 4 is 49.7 Å². The third-order valence-electron chi connectivity index (χ3n) is 5.13. The van der Waals surface area contributed by atoms with Crippen LogP contribution in [0.15, 0.2) is 73.8 Å². The number of carboxylic acid groups (broad SMARTS) is 2. The van der Waals surface area contributed by atoms with Crippen molar-refractivity contribution in [2.45, 2.75) is 13.1 Å². The van der Waals surface area contributed by atoms with Crippen LogP contribution in [0.4, 0.5) is 0 Å². The number of hydrogen-bond donors (Lipinski definition) is 0. The minimum absolute atomic E-state index is 0. The van der Waals surface area contributed by atoms with Crippen LogP contribution >= 0.6 is 0 Å². The molecule has 12 nitrogen and oxygen atoms in total. The molecule has 39 heavy (non-hydrogen) atoms. The molecule has 0 atom stereocenters. The molecule has 0 aliphatic rings. The van der Waals surface area contributed by atoms with E-state index in [-0.39, 0.29) is 48.9 Å². The summed E-state index contributed by atoms with van der Waals surface area (Å²) in [7, 11) is 2.91. The van der Waals surface area contributed by atoms with Gasteiger partial charge in [0, 0.05) is 35.9 Å². The molecular formula is C26H26CaN4O8. The molecule has 200 valence electrons. The summed E-state index contributed by atoms with van der Waals surface area (Å²) in [5, 5.41) is 21.5. The molecule has 4 rings (SSSR count). The Kier molecular flexibility index (Phi) is 13.1. The zero-order valence-electron chi connectivity index (χ0n) is 21.5. The summed E-state index contributed by atoms with van der Waals surface area (Å²) in [5.41, 5.74) is 0.109. The van der Waals surface area contributed by atoms with Crippen molar-refractivity contribution in [3.8, 4) is 23.0 Å². The summed E-state index contributed by atoms with van der Waals surface area (Å²) < 4.78 is 25.0. The molecule has 2 aromatic carbocycles. The van der Waals surface area contributed by atoms with Gasteiger partial charge in [0.15, 0.2) is 23.0 Å². The van der Waals surface area contributed by atoms with Gasteiger partial charge in [-0.25, -0.2) is 9.97 Å². The number of methoxy groups -OCH3 is 2. The van der Waals surface area contributed by atoms with Crippen molar-refractivity contribution in [3.05, 3.63) is 85.0 Å². The third-order valence-corrected chi connectivity index (χ3v) is 5.13. The molecule has 0 spiro atoms. The number of hydrogen-bond acceptors (Lipinski definition) is 10. The number of carbonyl (C=O) groups is 2. The maximum absolute atomic E-state index is 10.7. The smallest absolute Gasteiger partial charge is 0.545 e. The summed E-state index contributed by atoms with van der Waals surface area (Å²) >= 11 is 0. The van der Waals surface area contributed by atoms with Gasteiger partial charge in [0.1, 0.15) is 13.2 Å². The number of carbonyl (C=O) groups excluding carboxylic acids is 2. The van der Waals surface area contributed by atoms with Crippen molar-refractivity contribution in [2.24, 2.45) is 0 Å². The topological polar surface area (TPSA) is 153 Å². The number of rotatable bonds is 12. The quantitative estimate of drug-likeness (QED) is 0.220. The van der Waals surface area contributed by atoms with Gasteiger partial charge in [0.2, 0.25) is 0 Å². The first-order valence-electron chi connectivity index (χ1n) is 11.4. The molecule has 2 heterocycles. The van der Waals surface area contributed by atoms with E-state index in [1.165, 1.54) is 38.5 Å². The van der Waals surface area contributed by atoms with Gasteiger partial charge in [-0.15, -0.1) is 0 Å². The van der Waals surface area contributed by atoms with Crippen molar-refractivity contribution in [2.75, 3.05) is 27.4 Å². The van der Waals surface area contributed by atoms with E-state index in [4.69, 9.17) is 18.9 Å². The molecule has 0 aliphatic carbocycles. The van der Waals surface area contributed by atoms with Gasteiger partial charge in [-0.2, -0.15) is 0 Å². The predicted octanol–water partition coefficient (Wildman–Crippen LogP) is 0.288. The van der Waals surface area contributed by atoms with E-state index in [0.717, 1.165) is 0 Å². The van der Waals surface area contributed by atoms with Gasteiger partial charge in [0.05, 0.1) is 51.9 Å². The van der Waals surface area contributed by atoms with Gasteiger partial charge in [-0.3, -0.25) is 0 Å². The van der Waals surface area contributed by atoms with Crippen LogP contribution in [0.1, 0.15) is 20.7 Å². The summed E-state index contributed by atoms with van der Waals surface area (Å²) in [4.78, 5) is 29.3. The van der Waals surface area contributed by atoms with E-state index in [9.17, 15) is 19.8 Å². The van der Waals surface area contributed by atoms with E-state index in [1.807, 2.05) is 21.5 Å². The number of carboxylic acids is 2. The summed E-state index contributed by atoms with van der Waals surface area (Å²) in [6, 6.07) is 8.70. The van der Waals surface area contributed by atoms with Gasteiger partial charge in [-0.05, 0) is 36.4 Å². The molecule has 0 fully saturated rings. The Morgan fingerprint density at radius 2 is 1.13 bits per heavy atom. The summed E-state index contributed by atoms with van der Waals surface area (Å²) in [5.74, 6) is -0.772. The molecule has 0 unspecified atom stereocenters. The van der Waals surface area contributed by atoms with Crippen molar-refractivity contribution in [1.29, 1.82) is 0 Å². The SMILES string of the molecule is COc1cc(C(=O)[O-])ccc1OCCn1ccnc1.COc1cc(C(=O)[O-])ccc1OCCn1ccnc1.[Ca+2]. The Morgan fingerprint density at radius 3 is 1.44 bits per heavy atom. The summed E-state index contributed by atoms with van der Waals surface area (Å²) in [6.45, 7) is 2.14. The van der Waals surface area contributed by atoms with Crippen molar-refractivity contribution in [3.63, 3.8) is 0 Å². The number of benzene rings is 2. The summed E-state index contributed by atoms with van der Waals surface area (Å²) in [6.07, 6.45) is 10.4. The van der Waals surface area contributed by atoms with Crippen LogP contribution < -0.4 is 29.2 Å². The number of aromatic nitrogens is 4. The van der Waals surface area contributed by atoms with Crippen LogP contribution in [0.25, 0.3) is 0 Å². The molecule has 0 aliphatic heterocycles. The molecule has 0 radical (unpaired) electrons. The second kappa shape index (κ2) is 16.3. The second-order valence-corrected chi connectivity index (χ2v) is 7.60. The first-order valence-corrected chi connectivity index (χ1v) is 11.4. The Bertz CT molecular complexity index is 1210. The Balaban J connectivity index is 0.000000267. The largest absolute Gasteiger partial charge is 2.00 e. The van der Waals surface area contributed by atoms with E-state index < -0.39 is 11.9 Å². The standard InChI is InChI=1S/2C13H14N2O4.Ca/c2*1-18-12-8-10(13(16)17)2-3-11(12)19-7-6-15-5-4-14-9-15;/h2*2-5,8-9H,6-7H2,1H3,(H,16,17);/q;;+2/p-2. The minimum atomic E-state index is -1.25. The average molecular weight is 563 g/mol. The predicted molar refractivity (Wildman–Crippen MR) is 136 cm³/mol. The van der Waals surface area contributed by atoms with E-state index in [1.54, 1.807) is 37.2 Å². The average Bonchev–Trinajstić information content (AvgIpc) is 3.64. The van der Waals surface area contributed by atoms with Crippen LogP contribution in [0, 0.1) is 0 Å². The zero-order chi connectivity index (χ0) is 27.3. The van der Waals surface area contributed by atoms with Crippen LogP contribution in [0.5, 0.6) is 23.0 Å². The fraction of sp³-hybridized carbons (Fsp3) is 0.231. The van der Waals surface area contributed by atoms with Crippen LogP contribution in [-0.2, 0) is 13.1 Å². The van der Waals surface area contributed by atoms with Crippen LogP contribution in [0.3, 0.4) is 0 Å². The Hall–Kier alpha value is -3.74. The monoisotopic (exact) mass is 562 g/mol. The van der Waals surface area contributed by atoms with Crippen molar-refractivity contribution < 1.29 is 38.7 Å². The van der Waals surface area contributed by atoms with E-state index >= 15 is 0 Å². The molecule has 0 saturated carbocycles. The molecule has 0 N–H and O–H groups in total. The molecule has 13 heteroatoms. The van der Waals surface area contributed by atoms with Crippen LogP contribution in [0.2, 0.25) is 0 Å².